The molecule has 1 aliphatic heterocycles. The van der Waals surface area contributed by atoms with Gasteiger partial charge in [-0.3, -0.25) is 43.3 Å². The summed E-state index contributed by atoms with van der Waals surface area (Å²) in [5.74, 6) is -8.00. The first kappa shape index (κ1) is 63.6. The van der Waals surface area contributed by atoms with Gasteiger partial charge in [0.2, 0.25) is 47.3 Å². The predicted molar refractivity (Wildman–Crippen MR) is 275 cm³/mol. The molecule has 0 saturated carbocycles. The van der Waals surface area contributed by atoms with Gasteiger partial charge in [-0.05, 0) is 108 Å². The molecular weight excluding hydrogens is 988 g/mol. The zero-order valence-corrected chi connectivity index (χ0v) is 42.6. The summed E-state index contributed by atoms with van der Waals surface area (Å²) >= 11 is 6.12. The second-order valence-corrected chi connectivity index (χ2v) is 18.1. The van der Waals surface area contributed by atoms with E-state index in [4.69, 9.17) is 51.7 Å². The Kier molecular flexibility index (Phi) is 29.3. The number of hydrogen-bond donors (Lipinski definition) is 16. The number of carboxylic acids is 1. The largest absolute Gasteiger partial charge is 0.477 e. The van der Waals surface area contributed by atoms with Crippen molar-refractivity contribution in [2.24, 2.45) is 45.1 Å². The number of guanidine groups is 1. The first-order chi connectivity index (χ1) is 35.2. The fraction of sp³-hybridized carbons (Fsp3) is 0.609. The number of nitrogens with zero attached hydrogens (tertiary/aromatic N) is 2. The van der Waals surface area contributed by atoms with Gasteiger partial charge in [0.25, 0.3) is 0 Å². The lowest BCUT2D eigenvalue weighted by atomic mass is 10.0. The number of amides is 8. The summed E-state index contributed by atoms with van der Waals surface area (Å²) in [5.41, 5.74) is 39.2. The standard InChI is InChI=1S/C46H77ClN16O11/c1-26(57-43(71)37(35(64)24-51)62-39(67)29(52)9-2-4-18-48)38(66)56-25-36(65)58-31(11-6-20-50)44(72)63-22-8-13-34(63)42(70)61-33(23-27-14-16-28(47)17-15-27)41(69)59-30(10-3-5-19-49)40(68)60-32(45(73)74)12-7-21-55-46(53)54/h12,14-17,26,29-31,33-35,37,64H,2-11,13,18-25,48-52H2,1H3,(H,56,66)(H,57,71)(H,58,65)(H,59,69)(H,60,68)(H,61,70)(H,62,67)(H,73,74)(H4,53,54,55)/b32-12-/t26?,29-,30-,31+,33-,34-,35-,37-/m0/s1. The van der Waals surface area contributed by atoms with E-state index in [0.717, 1.165) is 0 Å². The maximum atomic E-state index is 14.2. The van der Waals surface area contributed by atoms with Gasteiger partial charge in [0.05, 0.1) is 18.7 Å². The molecule has 27 nitrogen and oxygen atoms in total. The number of aliphatic imine (C=N–C) groups is 1. The number of carbonyl (C=O) groups excluding carboxylic acids is 8. The lowest BCUT2D eigenvalue weighted by Crippen LogP contribution is -2.60. The monoisotopic (exact) mass is 1060 g/mol. The Morgan fingerprint density at radius 3 is 2.01 bits per heavy atom. The van der Waals surface area contributed by atoms with Gasteiger partial charge in [0.1, 0.15) is 41.9 Å². The van der Waals surface area contributed by atoms with Crippen LogP contribution >= 0.6 is 11.6 Å². The van der Waals surface area contributed by atoms with Gasteiger partial charge in [-0.2, -0.15) is 0 Å². The van der Waals surface area contributed by atoms with Crippen molar-refractivity contribution < 1.29 is 53.4 Å². The lowest BCUT2D eigenvalue weighted by Gasteiger charge is -2.30. The SMILES string of the molecule is CC(NC(=O)[C@@H](NC(=O)[C@@H](N)CCCCN)[C@@H](O)CN)C(=O)NCC(=O)N[C@H](CCCN)C(=O)N1CCC[C@H]1C(=O)N[C@@H](Cc1ccc(Cl)cc1)C(=O)N[C@@H](CCCCN)C(=O)N/C(=C\CCN=C(N)N)C(=O)O. The van der Waals surface area contributed by atoms with Gasteiger partial charge >= 0.3 is 5.97 Å². The van der Waals surface area contributed by atoms with Crippen LogP contribution in [0.1, 0.15) is 83.1 Å². The van der Waals surface area contributed by atoms with Crippen LogP contribution in [-0.4, -0.2) is 169 Å². The van der Waals surface area contributed by atoms with Crippen LogP contribution in [-0.2, 0) is 49.6 Å². The van der Waals surface area contributed by atoms with Gasteiger partial charge in [-0.25, -0.2) is 4.79 Å². The highest BCUT2D eigenvalue weighted by Crippen LogP contribution is 2.21. The van der Waals surface area contributed by atoms with Crippen LogP contribution in [0.3, 0.4) is 0 Å². The number of unbranched alkanes of at least 4 members (excludes halogenated alkanes) is 2. The van der Waals surface area contributed by atoms with Gasteiger partial charge in [0, 0.05) is 31.1 Å². The van der Waals surface area contributed by atoms with E-state index in [1.807, 2.05) is 0 Å². The van der Waals surface area contributed by atoms with Crippen molar-refractivity contribution in [2.75, 3.05) is 45.8 Å². The molecule has 1 aliphatic rings. The highest BCUT2D eigenvalue weighted by molar-refractivity contribution is 6.30. The Hall–Kier alpha value is -6.49. The summed E-state index contributed by atoms with van der Waals surface area (Å²) in [7, 11) is 0. The van der Waals surface area contributed by atoms with E-state index in [1.165, 1.54) is 17.9 Å². The number of aliphatic hydroxyl groups is 1. The van der Waals surface area contributed by atoms with E-state index in [-0.39, 0.29) is 77.1 Å². The highest BCUT2D eigenvalue weighted by atomic mass is 35.5. The number of carboxylic acid groups (broad SMARTS) is 1. The average molecular weight is 1070 g/mol. The molecule has 1 aromatic carbocycles. The molecule has 0 spiro atoms. The lowest BCUT2D eigenvalue weighted by molar-refractivity contribution is -0.142. The molecule has 2 rings (SSSR count). The third-order valence-corrected chi connectivity index (χ3v) is 11.9. The van der Waals surface area contributed by atoms with Gasteiger partial charge < -0.3 is 92.5 Å². The number of halogens is 1. The Labute approximate surface area is 435 Å². The van der Waals surface area contributed by atoms with Crippen LogP contribution in [0.5, 0.6) is 0 Å². The number of aliphatic hydroxyl groups excluding tert-OH is 1. The maximum absolute atomic E-state index is 14.2. The van der Waals surface area contributed by atoms with Crippen molar-refractivity contribution in [1.82, 2.24) is 42.1 Å². The third kappa shape index (κ3) is 22.7. The first-order valence-corrected chi connectivity index (χ1v) is 24.9. The van der Waals surface area contributed by atoms with E-state index < -0.39 is 120 Å². The van der Waals surface area contributed by atoms with Crippen LogP contribution in [0.4, 0.5) is 0 Å². The van der Waals surface area contributed by atoms with Gasteiger partial charge in [0.15, 0.2) is 5.96 Å². The van der Waals surface area contributed by atoms with Crippen LogP contribution in [0.2, 0.25) is 5.02 Å². The Morgan fingerprint density at radius 2 is 1.41 bits per heavy atom. The zero-order valence-electron chi connectivity index (χ0n) is 41.8. The molecule has 0 radical (unpaired) electrons. The molecule has 414 valence electrons. The molecule has 28 heteroatoms. The summed E-state index contributed by atoms with van der Waals surface area (Å²) in [6, 6.07) is -2.37. The van der Waals surface area contributed by atoms with E-state index in [2.05, 4.69) is 42.2 Å². The Balaban J connectivity index is 2.25. The predicted octanol–water partition coefficient (Wildman–Crippen LogP) is -5.17. The minimum Gasteiger partial charge on any atom is -0.477 e. The summed E-state index contributed by atoms with van der Waals surface area (Å²) in [6.45, 7) is 1.17. The normalized spacial score (nSPS) is 16.2. The Bertz CT molecular complexity index is 2100. The van der Waals surface area contributed by atoms with Crippen LogP contribution in [0.15, 0.2) is 41.0 Å². The van der Waals surface area contributed by atoms with E-state index in [1.54, 1.807) is 24.3 Å². The molecule has 0 aliphatic carbocycles. The van der Waals surface area contributed by atoms with E-state index >= 15 is 0 Å². The van der Waals surface area contributed by atoms with Crippen molar-refractivity contribution in [3.8, 4) is 0 Å². The quantitative estimate of drug-likeness (QED) is 0.0133. The molecule has 0 bridgehead atoms. The molecule has 1 unspecified atom stereocenters. The number of rotatable bonds is 34. The minimum absolute atomic E-state index is 0.0396. The second-order valence-electron chi connectivity index (χ2n) is 17.6. The van der Waals surface area contributed by atoms with Crippen LogP contribution in [0, 0.1) is 0 Å². The molecule has 8 amide bonds. The molecule has 1 saturated heterocycles. The van der Waals surface area contributed by atoms with Crippen LogP contribution in [0.25, 0.3) is 0 Å². The average Bonchev–Trinajstić information content (AvgIpc) is 3.87. The fourth-order valence-corrected chi connectivity index (χ4v) is 7.70. The number of nitrogens with one attached hydrogen (secondary N) is 7. The third-order valence-electron chi connectivity index (χ3n) is 11.7. The molecule has 1 aromatic rings. The number of carbonyl (C=O) groups is 9. The first-order valence-electron chi connectivity index (χ1n) is 24.5. The number of benzene rings is 1. The van der Waals surface area contributed by atoms with E-state index in [0.29, 0.717) is 49.2 Å². The van der Waals surface area contributed by atoms with Crippen LogP contribution < -0.4 is 77.4 Å². The van der Waals surface area contributed by atoms with Crippen molar-refractivity contribution in [3.05, 3.63) is 46.6 Å². The molecule has 1 fully saturated rings. The summed E-state index contributed by atoms with van der Waals surface area (Å²) in [4.78, 5) is 125. The minimum atomic E-state index is -1.56. The number of likely N-dealkylation sites (tertiary alicyclic amines) is 1. The van der Waals surface area contributed by atoms with Crippen molar-refractivity contribution >= 4 is 70.8 Å². The van der Waals surface area contributed by atoms with E-state index in [9.17, 15) is 53.4 Å². The number of aliphatic carboxylic acids is 1. The second kappa shape index (κ2) is 34.1. The smallest absolute Gasteiger partial charge is 0.352 e. The summed E-state index contributed by atoms with van der Waals surface area (Å²) in [5, 5.41) is 38.0. The number of hydrogen-bond acceptors (Lipinski definition) is 16. The molecule has 8 atom stereocenters. The molecule has 0 aromatic heterocycles. The molecule has 23 N–H and O–H groups in total. The summed E-state index contributed by atoms with van der Waals surface area (Å²) < 4.78 is 0. The van der Waals surface area contributed by atoms with Gasteiger partial charge in [-0.1, -0.05) is 36.2 Å². The summed E-state index contributed by atoms with van der Waals surface area (Å²) in [6.07, 6.45) is 2.82. The van der Waals surface area contributed by atoms with Gasteiger partial charge in [-0.15, -0.1) is 0 Å². The highest BCUT2D eigenvalue weighted by Gasteiger charge is 2.39. The number of nitrogens with two attached hydrogens (primary N) is 7. The topological polar surface area (TPSA) is 476 Å². The molecule has 74 heavy (non-hydrogen) atoms. The van der Waals surface area contributed by atoms with Crippen molar-refractivity contribution in [1.29, 1.82) is 0 Å². The fourth-order valence-electron chi connectivity index (χ4n) is 7.57. The van der Waals surface area contributed by atoms with Crippen molar-refractivity contribution in [2.45, 2.75) is 132 Å². The Morgan fingerprint density at radius 1 is 0.770 bits per heavy atom. The zero-order chi connectivity index (χ0) is 55.3. The molecular formula is C46H77ClN16O11. The maximum Gasteiger partial charge on any atom is 0.352 e. The molecule has 1 heterocycles. The van der Waals surface area contributed by atoms with Crippen molar-refractivity contribution in [3.63, 3.8) is 0 Å².